The number of thiazole rings is 1. The van der Waals surface area contributed by atoms with Crippen LogP contribution in [0.4, 0.5) is 5.69 Å². The second-order valence-corrected chi connectivity index (χ2v) is 7.75. The summed E-state index contributed by atoms with van der Waals surface area (Å²) in [5.74, 6) is -0.236. The lowest BCUT2D eigenvalue weighted by Gasteiger charge is -2.19. The fourth-order valence-electron chi connectivity index (χ4n) is 2.98. The number of benzene rings is 2. The Hall–Kier alpha value is -3.72. The van der Waals surface area contributed by atoms with Crippen LogP contribution in [0.1, 0.15) is 34.2 Å². The van der Waals surface area contributed by atoms with Gasteiger partial charge in [-0.25, -0.2) is 4.98 Å². The zero-order valence-electron chi connectivity index (χ0n) is 17.8. The summed E-state index contributed by atoms with van der Waals surface area (Å²) in [5.41, 5.74) is 7.38. The molecule has 2 aromatic carbocycles. The lowest BCUT2D eigenvalue weighted by molar-refractivity contribution is -0.116. The highest BCUT2D eigenvalue weighted by atomic mass is 32.1. The maximum atomic E-state index is 12.9. The molecule has 166 valence electrons. The van der Waals surface area contributed by atoms with Gasteiger partial charge in [-0.1, -0.05) is 0 Å². The zero-order chi connectivity index (χ0) is 23.1. The SMILES string of the molecule is CCN(CCC(=O)Nc1ccc(C(N)=O)cc1)C(=O)c1csc(-c2ccc(OC)cc2)n1. The molecule has 0 aliphatic rings. The number of methoxy groups -OCH3 is 1. The number of nitrogens with one attached hydrogen (secondary N) is 1. The molecule has 0 fully saturated rings. The number of carbonyl (C=O) groups is 3. The number of amides is 3. The maximum absolute atomic E-state index is 12.9. The molecular weight excluding hydrogens is 428 g/mol. The van der Waals surface area contributed by atoms with Crippen LogP contribution in [-0.4, -0.2) is 47.8 Å². The molecule has 0 radical (unpaired) electrons. The summed E-state index contributed by atoms with van der Waals surface area (Å²) in [6, 6.07) is 13.8. The zero-order valence-corrected chi connectivity index (χ0v) is 18.6. The van der Waals surface area contributed by atoms with E-state index in [0.29, 0.717) is 23.5 Å². The Labute approximate surface area is 190 Å². The summed E-state index contributed by atoms with van der Waals surface area (Å²) in [4.78, 5) is 42.3. The average molecular weight is 453 g/mol. The minimum Gasteiger partial charge on any atom is -0.497 e. The molecule has 0 aliphatic carbocycles. The third-order valence-corrected chi connectivity index (χ3v) is 5.68. The van der Waals surface area contributed by atoms with Crippen LogP contribution in [0.25, 0.3) is 10.6 Å². The van der Waals surface area contributed by atoms with Gasteiger partial charge in [0.1, 0.15) is 16.5 Å². The Balaban J connectivity index is 1.58. The van der Waals surface area contributed by atoms with Gasteiger partial charge in [-0.05, 0) is 55.5 Å². The number of aromatic nitrogens is 1. The molecule has 32 heavy (non-hydrogen) atoms. The second kappa shape index (κ2) is 10.5. The quantitative estimate of drug-likeness (QED) is 0.516. The van der Waals surface area contributed by atoms with Crippen LogP contribution in [0, 0.1) is 0 Å². The topological polar surface area (TPSA) is 115 Å². The summed E-state index contributed by atoms with van der Waals surface area (Å²) >= 11 is 1.39. The predicted molar refractivity (Wildman–Crippen MR) is 124 cm³/mol. The van der Waals surface area contributed by atoms with Crippen LogP contribution in [0.5, 0.6) is 5.75 Å². The maximum Gasteiger partial charge on any atom is 0.273 e. The molecule has 3 amide bonds. The number of primary amides is 1. The van der Waals surface area contributed by atoms with Crippen LogP contribution in [0.15, 0.2) is 53.9 Å². The molecule has 1 aromatic heterocycles. The number of nitrogens with two attached hydrogens (primary N) is 1. The van der Waals surface area contributed by atoms with Crippen LogP contribution >= 0.6 is 11.3 Å². The molecule has 9 heteroatoms. The Morgan fingerprint density at radius 3 is 2.38 bits per heavy atom. The van der Waals surface area contributed by atoms with E-state index in [1.807, 2.05) is 31.2 Å². The van der Waals surface area contributed by atoms with Crippen molar-refractivity contribution in [2.45, 2.75) is 13.3 Å². The van der Waals surface area contributed by atoms with Gasteiger partial charge in [-0.15, -0.1) is 11.3 Å². The minimum absolute atomic E-state index is 0.132. The largest absolute Gasteiger partial charge is 0.497 e. The van der Waals surface area contributed by atoms with Crippen molar-refractivity contribution < 1.29 is 19.1 Å². The third-order valence-electron chi connectivity index (χ3n) is 4.79. The molecule has 3 N–H and O–H groups in total. The molecule has 8 nitrogen and oxygen atoms in total. The van der Waals surface area contributed by atoms with E-state index in [-0.39, 0.29) is 24.8 Å². The van der Waals surface area contributed by atoms with Crippen LogP contribution in [-0.2, 0) is 4.79 Å². The first-order valence-electron chi connectivity index (χ1n) is 10.00. The van der Waals surface area contributed by atoms with Gasteiger partial charge in [0, 0.05) is 41.7 Å². The van der Waals surface area contributed by atoms with Crippen molar-refractivity contribution in [3.05, 3.63) is 65.2 Å². The first kappa shape index (κ1) is 23.0. The van der Waals surface area contributed by atoms with E-state index in [4.69, 9.17) is 10.5 Å². The molecule has 0 saturated carbocycles. The van der Waals surface area contributed by atoms with Gasteiger partial charge < -0.3 is 20.7 Å². The summed E-state index contributed by atoms with van der Waals surface area (Å²) in [6.45, 7) is 2.57. The Morgan fingerprint density at radius 1 is 1.09 bits per heavy atom. The minimum atomic E-state index is -0.530. The van der Waals surface area contributed by atoms with E-state index in [9.17, 15) is 14.4 Å². The van der Waals surface area contributed by atoms with E-state index in [2.05, 4.69) is 10.3 Å². The molecule has 0 saturated heterocycles. The smallest absolute Gasteiger partial charge is 0.273 e. The number of nitrogens with zero attached hydrogens (tertiary/aromatic N) is 2. The fourth-order valence-corrected chi connectivity index (χ4v) is 3.78. The van der Waals surface area contributed by atoms with Crippen molar-refractivity contribution >= 4 is 34.7 Å². The summed E-state index contributed by atoms with van der Waals surface area (Å²) in [7, 11) is 1.61. The lowest BCUT2D eigenvalue weighted by atomic mass is 10.2. The Morgan fingerprint density at radius 2 is 1.78 bits per heavy atom. The summed E-state index contributed by atoms with van der Waals surface area (Å²) < 4.78 is 5.16. The molecule has 3 aromatic rings. The normalized spacial score (nSPS) is 10.4. The van der Waals surface area contributed by atoms with Crippen LogP contribution in [0.3, 0.4) is 0 Å². The number of hydrogen-bond donors (Lipinski definition) is 2. The van der Waals surface area contributed by atoms with Gasteiger partial charge in [0.25, 0.3) is 5.91 Å². The van der Waals surface area contributed by atoms with Gasteiger partial charge in [0.15, 0.2) is 0 Å². The first-order valence-corrected chi connectivity index (χ1v) is 10.9. The average Bonchev–Trinajstić information content (AvgIpc) is 3.30. The number of anilines is 1. The van der Waals surface area contributed by atoms with E-state index in [1.54, 1.807) is 41.7 Å². The number of carbonyl (C=O) groups excluding carboxylic acids is 3. The van der Waals surface area contributed by atoms with Crippen molar-refractivity contribution in [1.82, 2.24) is 9.88 Å². The van der Waals surface area contributed by atoms with Crippen LogP contribution in [0.2, 0.25) is 0 Å². The Bertz CT molecular complexity index is 1090. The highest BCUT2D eigenvalue weighted by molar-refractivity contribution is 7.13. The number of ether oxygens (including phenoxy) is 1. The monoisotopic (exact) mass is 452 g/mol. The molecule has 0 atom stereocenters. The third kappa shape index (κ3) is 5.70. The standard InChI is InChI=1S/C23H24N4O4S/c1-3-27(13-12-20(28)25-17-8-4-15(5-9-17)21(24)29)23(30)19-14-32-22(26-19)16-6-10-18(31-2)11-7-16/h4-11,14H,3,12-13H2,1-2H3,(H2,24,29)(H,25,28). The lowest BCUT2D eigenvalue weighted by Crippen LogP contribution is -2.33. The molecule has 3 rings (SSSR count). The Kier molecular flexibility index (Phi) is 7.56. The molecule has 0 bridgehead atoms. The van der Waals surface area contributed by atoms with Gasteiger partial charge in [0.05, 0.1) is 7.11 Å². The second-order valence-electron chi connectivity index (χ2n) is 6.89. The van der Waals surface area contributed by atoms with Gasteiger partial charge in [0.2, 0.25) is 11.8 Å². The van der Waals surface area contributed by atoms with Crippen LogP contribution < -0.4 is 15.8 Å². The molecule has 1 heterocycles. The molecule has 0 aliphatic heterocycles. The fraction of sp³-hybridized carbons (Fsp3) is 0.217. The summed E-state index contributed by atoms with van der Waals surface area (Å²) in [5, 5.41) is 5.22. The van der Waals surface area contributed by atoms with E-state index < -0.39 is 5.91 Å². The molecule has 0 spiro atoms. The summed E-state index contributed by atoms with van der Waals surface area (Å²) in [6.07, 6.45) is 0.132. The van der Waals surface area contributed by atoms with E-state index in [1.165, 1.54) is 11.3 Å². The van der Waals surface area contributed by atoms with Crippen molar-refractivity contribution in [3.63, 3.8) is 0 Å². The van der Waals surface area contributed by atoms with Crippen molar-refractivity contribution in [1.29, 1.82) is 0 Å². The van der Waals surface area contributed by atoms with Gasteiger partial charge in [-0.2, -0.15) is 0 Å². The molecular formula is C23H24N4O4S. The van der Waals surface area contributed by atoms with Crippen molar-refractivity contribution in [2.24, 2.45) is 5.73 Å². The predicted octanol–water partition coefficient (Wildman–Crippen LogP) is 3.41. The van der Waals surface area contributed by atoms with Crippen molar-refractivity contribution in [2.75, 3.05) is 25.5 Å². The first-order chi connectivity index (χ1) is 15.4. The van der Waals surface area contributed by atoms with Crippen molar-refractivity contribution in [3.8, 4) is 16.3 Å². The highest BCUT2D eigenvalue weighted by Gasteiger charge is 2.19. The van der Waals surface area contributed by atoms with Gasteiger partial charge in [-0.3, -0.25) is 14.4 Å². The van der Waals surface area contributed by atoms with E-state index >= 15 is 0 Å². The number of hydrogen-bond acceptors (Lipinski definition) is 6. The van der Waals surface area contributed by atoms with E-state index in [0.717, 1.165) is 16.3 Å². The molecule has 0 unspecified atom stereocenters. The van der Waals surface area contributed by atoms with Gasteiger partial charge >= 0.3 is 0 Å². The number of rotatable bonds is 9. The highest BCUT2D eigenvalue weighted by Crippen LogP contribution is 2.26.